The van der Waals surface area contributed by atoms with Gasteiger partial charge in [-0.25, -0.2) is 0 Å². The van der Waals surface area contributed by atoms with Crippen molar-refractivity contribution in [1.82, 2.24) is 0 Å². The van der Waals surface area contributed by atoms with Crippen LogP contribution in [-0.2, 0) is 6.61 Å². The molecule has 0 heterocycles. The maximum Gasteiger partial charge on any atom is 0.122 e. The monoisotopic (exact) mass is 267 g/mol. The Bertz CT molecular complexity index is 602. The van der Waals surface area contributed by atoms with Crippen molar-refractivity contribution in [2.75, 3.05) is 12.4 Å². The summed E-state index contributed by atoms with van der Waals surface area (Å²) in [5, 5.41) is 3.36. The molecule has 2 nitrogen and oxygen atoms in total. The molecule has 3 rings (SSSR count). The summed E-state index contributed by atoms with van der Waals surface area (Å²) in [4.78, 5) is 0. The highest BCUT2D eigenvalue weighted by molar-refractivity contribution is 5.59. The van der Waals surface area contributed by atoms with E-state index in [0.29, 0.717) is 6.61 Å². The first-order chi connectivity index (χ1) is 9.79. The van der Waals surface area contributed by atoms with Crippen molar-refractivity contribution in [3.63, 3.8) is 0 Å². The molecule has 0 aliphatic heterocycles. The quantitative estimate of drug-likeness (QED) is 0.861. The van der Waals surface area contributed by atoms with Crippen LogP contribution in [0.1, 0.15) is 35.4 Å². The van der Waals surface area contributed by atoms with E-state index in [1.807, 2.05) is 25.2 Å². The van der Waals surface area contributed by atoms with Gasteiger partial charge in [-0.3, -0.25) is 0 Å². The zero-order chi connectivity index (χ0) is 13.9. The molecule has 0 unspecified atom stereocenters. The molecule has 1 N–H and O–H groups in total. The average molecular weight is 267 g/mol. The van der Waals surface area contributed by atoms with Crippen LogP contribution in [0.2, 0.25) is 0 Å². The minimum atomic E-state index is 0.613. The lowest BCUT2D eigenvalue weighted by Gasteiger charge is -2.15. The molecule has 2 heteroatoms. The molecule has 0 aromatic heterocycles. The van der Waals surface area contributed by atoms with Gasteiger partial charge in [0.15, 0.2) is 0 Å². The molecule has 0 spiro atoms. The van der Waals surface area contributed by atoms with E-state index in [2.05, 4.69) is 36.5 Å². The number of benzene rings is 2. The molecule has 2 aromatic carbocycles. The Morgan fingerprint density at radius 3 is 2.60 bits per heavy atom. The van der Waals surface area contributed by atoms with Crippen LogP contribution in [0.5, 0.6) is 5.75 Å². The maximum absolute atomic E-state index is 5.98. The topological polar surface area (TPSA) is 21.3 Å². The molecule has 104 valence electrons. The molecule has 0 saturated heterocycles. The fourth-order valence-electron chi connectivity index (χ4n) is 2.65. The Balaban J connectivity index is 1.80. The predicted octanol–water partition coefficient (Wildman–Crippen LogP) is 4.49. The first-order valence-electron chi connectivity index (χ1n) is 7.27. The highest BCUT2D eigenvalue weighted by Crippen LogP contribution is 2.44. The van der Waals surface area contributed by atoms with E-state index in [9.17, 15) is 0 Å². The summed E-state index contributed by atoms with van der Waals surface area (Å²) >= 11 is 0. The number of anilines is 1. The highest BCUT2D eigenvalue weighted by Gasteiger charge is 2.26. The molecule has 1 aliphatic carbocycles. The van der Waals surface area contributed by atoms with Gasteiger partial charge in [0.2, 0.25) is 0 Å². The summed E-state index contributed by atoms with van der Waals surface area (Å²) < 4.78 is 5.98. The van der Waals surface area contributed by atoms with E-state index in [0.717, 1.165) is 11.7 Å². The van der Waals surface area contributed by atoms with Gasteiger partial charge in [0, 0.05) is 18.3 Å². The van der Waals surface area contributed by atoms with Gasteiger partial charge in [-0.05, 0) is 42.9 Å². The second-order valence-corrected chi connectivity index (χ2v) is 5.46. The first kappa shape index (κ1) is 13.0. The molecule has 0 bridgehead atoms. The fourth-order valence-corrected chi connectivity index (χ4v) is 2.65. The zero-order valence-electron chi connectivity index (χ0n) is 12.1. The largest absolute Gasteiger partial charge is 0.489 e. The normalized spacial score (nSPS) is 14.1. The van der Waals surface area contributed by atoms with Crippen molar-refractivity contribution in [3.05, 3.63) is 59.2 Å². The van der Waals surface area contributed by atoms with Crippen LogP contribution in [0.15, 0.2) is 42.5 Å². The Morgan fingerprint density at radius 1 is 1.10 bits per heavy atom. The fraction of sp³-hybridized carbons (Fsp3) is 0.333. The van der Waals surface area contributed by atoms with Gasteiger partial charge in [0.25, 0.3) is 0 Å². The molecule has 2 aromatic rings. The third-order valence-corrected chi connectivity index (χ3v) is 3.93. The standard InChI is InChI=1S/C18H21NO/c1-13-6-3-4-9-17(13)20-12-15-7-5-8-16(14-10-11-14)18(15)19-2/h3-9,14,19H,10-12H2,1-2H3. The lowest BCUT2D eigenvalue weighted by molar-refractivity contribution is 0.304. The molecule has 0 radical (unpaired) electrons. The molecule has 0 atom stereocenters. The maximum atomic E-state index is 5.98. The van der Waals surface area contributed by atoms with E-state index in [-0.39, 0.29) is 0 Å². The first-order valence-corrected chi connectivity index (χ1v) is 7.27. The Hall–Kier alpha value is -1.96. The van der Waals surface area contributed by atoms with Crippen LogP contribution >= 0.6 is 0 Å². The predicted molar refractivity (Wildman–Crippen MR) is 83.5 cm³/mol. The smallest absolute Gasteiger partial charge is 0.122 e. The number of nitrogens with one attached hydrogen (secondary N) is 1. The van der Waals surface area contributed by atoms with Gasteiger partial charge in [-0.1, -0.05) is 36.4 Å². The van der Waals surface area contributed by atoms with Gasteiger partial charge < -0.3 is 10.1 Å². The highest BCUT2D eigenvalue weighted by atomic mass is 16.5. The minimum absolute atomic E-state index is 0.613. The Morgan fingerprint density at radius 2 is 1.90 bits per heavy atom. The van der Waals surface area contributed by atoms with E-state index in [1.165, 1.54) is 35.2 Å². The average Bonchev–Trinajstić information content (AvgIpc) is 3.30. The van der Waals surface area contributed by atoms with Crippen LogP contribution in [0.3, 0.4) is 0 Å². The van der Waals surface area contributed by atoms with Crippen molar-refractivity contribution in [2.45, 2.75) is 32.3 Å². The van der Waals surface area contributed by atoms with Crippen LogP contribution in [0, 0.1) is 6.92 Å². The van der Waals surface area contributed by atoms with Crippen molar-refractivity contribution >= 4 is 5.69 Å². The zero-order valence-corrected chi connectivity index (χ0v) is 12.1. The Kier molecular flexibility index (Phi) is 3.64. The Labute approximate surface area is 120 Å². The number of aryl methyl sites for hydroxylation is 1. The lowest BCUT2D eigenvalue weighted by atomic mass is 10.0. The molecular formula is C18H21NO. The number of ether oxygens (including phenoxy) is 1. The van der Waals surface area contributed by atoms with Crippen LogP contribution in [0.4, 0.5) is 5.69 Å². The van der Waals surface area contributed by atoms with E-state index >= 15 is 0 Å². The van der Waals surface area contributed by atoms with Crippen molar-refractivity contribution < 1.29 is 4.74 Å². The van der Waals surface area contributed by atoms with Gasteiger partial charge in [0.1, 0.15) is 12.4 Å². The molecule has 1 aliphatic rings. The van der Waals surface area contributed by atoms with Crippen molar-refractivity contribution in [1.29, 1.82) is 0 Å². The molecule has 1 saturated carbocycles. The summed E-state index contributed by atoms with van der Waals surface area (Å²) in [6.45, 7) is 2.69. The van der Waals surface area contributed by atoms with Gasteiger partial charge >= 0.3 is 0 Å². The van der Waals surface area contributed by atoms with Crippen LogP contribution < -0.4 is 10.1 Å². The van der Waals surface area contributed by atoms with E-state index < -0.39 is 0 Å². The summed E-state index contributed by atoms with van der Waals surface area (Å²) in [5.74, 6) is 1.71. The lowest BCUT2D eigenvalue weighted by Crippen LogP contribution is -2.04. The second-order valence-electron chi connectivity index (χ2n) is 5.46. The summed E-state index contributed by atoms with van der Waals surface area (Å²) in [6.07, 6.45) is 2.63. The van der Waals surface area contributed by atoms with Gasteiger partial charge in [-0.2, -0.15) is 0 Å². The third-order valence-electron chi connectivity index (χ3n) is 3.93. The van der Waals surface area contributed by atoms with Crippen molar-refractivity contribution in [2.24, 2.45) is 0 Å². The SMILES string of the molecule is CNc1c(COc2ccccc2C)cccc1C1CC1. The van der Waals surface area contributed by atoms with E-state index in [1.54, 1.807) is 0 Å². The van der Waals surface area contributed by atoms with Gasteiger partial charge in [0.05, 0.1) is 0 Å². The van der Waals surface area contributed by atoms with Crippen LogP contribution in [0.25, 0.3) is 0 Å². The van der Waals surface area contributed by atoms with Crippen molar-refractivity contribution in [3.8, 4) is 5.75 Å². The summed E-state index contributed by atoms with van der Waals surface area (Å²) in [5.41, 5.74) is 5.11. The third kappa shape index (κ3) is 2.64. The number of hydrogen-bond acceptors (Lipinski definition) is 2. The summed E-state index contributed by atoms with van der Waals surface area (Å²) in [7, 11) is 2.00. The van der Waals surface area contributed by atoms with Crippen LogP contribution in [-0.4, -0.2) is 7.05 Å². The molecular weight excluding hydrogens is 246 g/mol. The minimum Gasteiger partial charge on any atom is -0.489 e. The number of rotatable bonds is 5. The van der Waals surface area contributed by atoms with Gasteiger partial charge in [-0.15, -0.1) is 0 Å². The number of para-hydroxylation sites is 2. The molecule has 1 fully saturated rings. The molecule has 0 amide bonds. The number of hydrogen-bond donors (Lipinski definition) is 1. The van der Waals surface area contributed by atoms with E-state index in [4.69, 9.17) is 4.74 Å². The molecule has 20 heavy (non-hydrogen) atoms. The second kappa shape index (κ2) is 5.58. The summed E-state index contributed by atoms with van der Waals surface area (Å²) in [6, 6.07) is 14.7.